The number of rotatable bonds is 7. The van der Waals surface area contributed by atoms with Crippen molar-refractivity contribution in [2.75, 3.05) is 6.61 Å². The molecule has 1 aromatic carbocycles. The van der Waals surface area contributed by atoms with E-state index >= 15 is 0 Å². The Morgan fingerprint density at radius 1 is 1.16 bits per heavy atom. The Labute approximate surface area is 178 Å². The lowest BCUT2D eigenvalue weighted by molar-refractivity contribution is -0.159. The van der Waals surface area contributed by atoms with Crippen LogP contribution in [0, 0.1) is 11.8 Å². The predicted octanol–water partition coefficient (Wildman–Crippen LogP) is 0.513. The molecule has 3 fully saturated rings. The van der Waals surface area contributed by atoms with E-state index in [1.165, 1.54) is 12.1 Å². The second-order valence-corrected chi connectivity index (χ2v) is 8.88. The third-order valence-electron chi connectivity index (χ3n) is 5.51. The molecule has 0 spiro atoms. The molecule has 7 unspecified atom stereocenters. The zero-order valence-corrected chi connectivity index (χ0v) is 16.6. The van der Waals surface area contributed by atoms with Gasteiger partial charge in [-0.05, 0) is 12.1 Å². The van der Waals surface area contributed by atoms with Crippen LogP contribution >= 0.6 is 0 Å². The SMILES string of the molecule is O=C(OC1C2OC(=O)C3C2OC1C3C(=O)OCC(F)C(F)(F)S(=O)(=O)O)c1ccccc1. The van der Waals surface area contributed by atoms with Gasteiger partial charge >= 0.3 is 33.3 Å². The van der Waals surface area contributed by atoms with Crippen LogP contribution in [0.15, 0.2) is 30.3 Å². The molecule has 0 amide bonds. The van der Waals surface area contributed by atoms with Gasteiger partial charge in [-0.2, -0.15) is 17.2 Å². The standard InChI is InChI=1S/C18H15F3O10S/c19-8(18(20,21)32(25,26)27)6-28-16(23)9-10-12-14(31-17(10)24)13(11(9)29-12)30-15(22)7-4-2-1-3-5-7/h1-5,8-14H,6H2,(H,25,26,27). The van der Waals surface area contributed by atoms with Crippen molar-refractivity contribution < 1.29 is 59.5 Å². The summed E-state index contributed by atoms with van der Waals surface area (Å²) in [5.74, 6) is -5.68. The molecule has 10 nitrogen and oxygen atoms in total. The minimum atomic E-state index is -6.10. The third kappa shape index (κ3) is 3.51. The van der Waals surface area contributed by atoms with Crippen LogP contribution < -0.4 is 0 Å². The predicted molar refractivity (Wildman–Crippen MR) is 93.5 cm³/mol. The number of carbonyl (C=O) groups excluding carboxylic acids is 3. The molecule has 32 heavy (non-hydrogen) atoms. The molecule has 3 aliphatic heterocycles. The molecule has 3 aliphatic rings. The van der Waals surface area contributed by atoms with Crippen LogP contribution in [0.1, 0.15) is 10.4 Å². The summed E-state index contributed by atoms with van der Waals surface area (Å²) >= 11 is 0. The van der Waals surface area contributed by atoms with E-state index in [4.69, 9.17) is 18.8 Å². The molecule has 174 valence electrons. The molecule has 7 atom stereocenters. The van der Waals surface area contributed by atoms with Crippen molar-refractivity contribution in [1.29, 1.82) is 0 Å². The number of carbonyl (C=O) groups is 3. The Balaban J connectivity index is 1.48. The van der Waals surface area contributed by atoms with Crippen LogP contribution in [0.5, 0.6) is 0 Å². The molecular formula is C18H15F3O10S. The average molecular weight is 480 g/mol. The Hall–Kier alpha value is -2.71. The maximum Gasteiger partial charge on any atom is 0.403 e. The molecule has 0 aliphatic carbocycles. The molecule has 3 heterocycles. The average Bonchev–Trinajstić information content (AvgIpc) is 3.35. The maximum absolute atomic E-state index is 13.7. The van der Waals surface area contributed by atoms with Gasteiger partial charge in [-0.3, -0.25) is 14.1 Å². The molecule has 3 saturated heterocycles. The fourth-order valence-electron chi connectivity index (χ4n) is 4.02. The van der Waals surface area contributed by atoms with Crippen molar-refractivity contribution in [2.45, 2.75) is 35.8 Å². The van der Waals surface area contributed by atoms with Gasteiger partial charge in [-0.1, -0.05) is 18.2 Å². The van der Waals surface area contributed by atoms with Gasteiger partial charge in [-0.25, -0.2) is 9.18 Å². The number of hydrogen-bond donors (Lipinski definition) is 1. The third-order valence-corrected chi connectivity index (χ3v) is 6.45. The largest absolute Gasteiger partial charge is 0.462 e. The summed E-state index contributed by atoms with van der Waals surface area (Å²) in [6.07, 6.45) is -7.99. The summed E-state index contributed by atoms with van der Waals surface area (Å²) in [6.45, 7) is -1.72. The van der Waals surface area contributed by atoms with E-state index in [1.807, 2.05) is 0 Å². The minimum absolute atomic E-state index is 0.169. The van der Waals surface area contributed by atoms with Gasteiger partial charge in [0.2, 0.25) is 6.17 Å². The smallest absolute Gasteiger partial charge is 0.403 e. The fourth-order valence-corrected chi connectivity index (χ4v) is 4.41. The highest BCUT2D eigenvalue weighted by molar-refractivity contribution is 7.86. The van der Waals surface area contributed by atoms with Crippen molar-refractivity contribution in [1.82, 2.24) is 0 Å². The summed E-state index contributed by atoms with van der Waals surface area (Å²) in [6, 6.07) is 7.74. The van der Waals surface area contributed by atoms with Gasteiger partial charge in [0.15, 0.2) is 12.2 Å². The first-order valence-electron chi connectivity index (χ1n) is 9.21. The lowest BCUT2D eigenvalue weighted by Crippen LogP contribution is -2.48. The summed E-state index contributed by atoms with van der Waals surface area (Å²) in [5.41, 5.74) is 0.169. The van der Waals surface area contributed by atoms with Crippen LogP contribution in [-0.4, -0.2) is 73.3 Å². The highest BCUT2D eigenvalue weighted by Gasteiger charge is 2.72. The molecular weight excluding hydrogens is 465 g/mol. The Kier molecular flexibility index (Phi) is 5.41. The van der Waals surface area contributed by atoms with Crippen LogP contribution in [0.25, 0.3) is 0 Å². The number of alkyl halides is 3. The monoisotopic (exact) mass is 480 g/mol. The van der Waals surface area contributed by atoms with Gasteiger partial charge in [0, 0.05) is 0 Å². The Morgan fingerprint density at radius 3 is 2.44 bits per heavy atom. The van der Waals surface area contributed by atoms with Crippen molar-refractivity contribution in [3.8, 4) is 0 Å². The van der Waals surface area contributed by atoms with Gasteiger partial charge in [0.25, 0.3) is 0 Å². The quantitative estimate of drug-likeness (QED) is 0.333. The zero-order valence-electron chi connectivity index (χ0n) is 15.8. The zero-order chi connectivity index (χ0) is 23.4. The van der Waals surface area contributed by atoms with Crippen LogP contribution in [0.4, 0.5) is 13.2 Å². The highest BCUT2D eigenvalue weighted by atomic mass is 32.2. The molecule has 0 aromatic heterocycles. The number of hydrogen-bond acceptors (Lipinski definition) is 9. The summed E-state index contributed by atoms with van der Waals surface area (Å²) in [5, 5.41) is -5.22. The van der Waals surface area contributed by atoms with Gasteiger partial charge in [0.05, 0.1) is 5.56 Å². The van der Waals surface area contributed by atoms with E-state index in [9.17, 15) is 36.0 Å². The van der Waals surface area contributed by atoms with Crippen molar-refractivity contribution in [3.05, 3.63) is 35.9 Å². The summed E-state index contributed by atoms with van der Waals surface area (Å²) in [7, 11) is -6.10. The number of ether oxygens (including phenoxy) is 4. The Morgan fingerprint density at radius 2 is 1.81 bits per heavy atom. The normalized spacial score (nSPS) is 31.8. The molecule has 2 bridgehead atoms. The second-order valence-electron chi connectivity index (χ2n) is 7.39. The molecule has 0 saturated carbocycles. The fraction of sp³-hybridized carbons (Fsp3) is 0.500. The lowest BCUT2D eigenvalue weighted by Gasteiger charge is -2.27. The molecule has 1 N–H and O–H groups in total. The topological polar surface area (TPSA) is 142 Å². The first-order chi connectivity index (χ1) is 14.9. The van der Waals surface area contributed by atoms with E-state index in [-0.39, 0.29) is 5.56 Å². The van der Waals surface area contributed by atoms with Gasteiger partial charge in [-0.15, -0.1) is 0 Å². The summed E-state index contributed by atoms with van der Waals surface area (Å²) < 4.78 is 90.4. The number of halogens is 3. The Bertz CT molecular complexity index is 1050. The minimum Gasteiger partial charge on any atom is -0.462 e. The van der Waals surface area contributed by atoms with E-state index in [0.29, 0.717) is 0 Å². The second kappa shape index (κ2) is 7.71. The number of fused-ring (bicyclic) bond motifs is 1. The highest BCUT2D eigenvalue weighted by Crippen LogP contribution is 2.51. The van der Waals surface area contributed by atoms with E-state index < -0.39 is 82.3 Å². The van der Waals surface area contributed by atoms with Crippen LogP contribution in [-0.2, 0) is 38.7 Å². The van der Waals surface area contributed by atoms with E-state index in [0.717, 1.165) is 0 Å². The van der Waals surface area contributed by atoms with Crippen molar-refractivity contribution in [2.24, 2.45) is 11.8 Å². The van der Waals surface area contributed by atoms with Crippen LogP contribution in [0.2, 0.25) is 0 Å². The number of benzene rings is 1. The molecule has 4 rings (SSSR count). The first kappa shape index (κ1) is 22.5. The van der Waals surface area contributed by atoms with Crippen LogP contribution in [0.3, 0.4) is 0 Å². The molecule has 14 heteroatoms. The van der Waals surface area contributed by atoms with Gasteiger partial charge < -0.3 is 18.9 Å². The first-order valence-corrected chi connectivity index (χ1v) is 10.6. The van der Waals surface area contributed by atoms with Gasteiger partial charge in [0.1, 0.15) is 30.7 Å². The number of esters is 3. The van der Waals surface area contributed by atoms with E-state index in [2.05, 4.69) is 4.74 Å². The van der Waals surface area contributed by atoms with E-state index in [1.54, 1.807) is 18.2 Å². The summed E-state index contributed by atoms with van der Waals surface area (Å²) in [4.78, 5) is 37.0. The molecule has 0 radical (unpaired) electrons. The lowest BCUT2D eigenvalue weighted by atomic mass is 9.78. The van der Waals surface area contributed by atoms with Crippen molar-refractivity contribution >= 4 is 28.0 Å². The molecule has 1 aromatic rings. The maximum atomic E-state index is 13.7. The van der Waals surface area contributed by atoms with Crippen molar-refractivity contribution in [3.63, 3.8) is 0 Å².